The minimum Gasteiger partial charge on any atom is -0.325 e. The van der Waals surface area contributed by atoms with Crippen LogP contribution in [0.2, 0.25) is 0 Å². The number of sulfonamides is 1. The number of para-hydroxylation sites is 2. The number of rotatable bonds is 3. The topological polar surface area (TPSA) is 78.8 Å². The molecule has 1 aliphatic heterocycles. The van der Waals surface area contributed by atoms with Gasteiger partial charge in [0, 0.05) is 5.69 Å². The van der Waals surface area contributed by atoms with Crippen molar-refractivity contribution >= 4 is 33.6 Å². The van der Waals surface area contributed by atoms with Crippen LogP contribution in [0.1, 0.15) is 0 Å². The lowest BCUT2D eigenvalue weighted by Crippen LogP contribution is -2.35. The Morgan fingerprint density at radius 1 is 1.05 bits per heavy atom. The van der Waals surface area contributed by atoms with Crippen molar-refractivity contribution < 1.29 is 13.2 Å². The SMILES string of the molecule is O=C(CN1C=NS(=O)(=O)c2ccccc21)Nc1ccccc1. The number of carbonyl (C=O) groups excluding carboxylic acids is 1. The summed E-state index contributed by atoms with van der Waals surface area (Å²) in [4.78, 5) is 13.7. The standard InChI is InChI=1S/C15H13N3O3S/c19-15(17-12-6-2-1-3-7-12)10-18-11-16-22(20,21)14-9-5-4-8-13(14)18/h1-9,11H,10H2,(H,17,19). The zero-order valence-corrected chi connectivity index (χ0v) is 12.3. The maximum absolute atomic E-state index is 12.1. The second-order valence-electron chi connectivity index (χ2n) is 4.71. The molecule has 0 spiro atoms. The molecule has 0 fully saturated rings. The number of nitrogens with zero attached hydrogens (tertiary/aromatic N) is 2. The van der Waals surface area contributed by atoms with Crippen LogP contribution in [0.4, 0.5) is 11.4 Å². The van der Waals surface area contributed by atoms with Crippen LogP contribution in [-0.2, 0) is 14.8 Å². The fourth-order valence-electron chi connectivity index (χ4n) is 2.15. The van der Waals surface area contributed by atoms with Crippen LogP contribution in [0.3, 0.4) is 0 Å². The lowest BCUT2D eigenvalue weighted by atomic mass is 10.3. The van der Waals surface area contributed by atoms with Crippen molar-refractivity contribution in [3.05, 3.63) is 54.6 Å². The first-order valence-corrected chi connectivity index (χ1v) is 8.01. The molecule has 3 rings (SSSR count). The molecule has 1 heterocycles. The van der Waals surface area contributed by atoms with Gasteiger partial charge in [-0.1, -0.05) is 30.3 Å². The molecule has 22 heavy (non-hydrogen) atoms. The van der Waals surface area contributed by atoms with Crippen LogP contribution < -0.4 is 10.2 Å². The predicted molar refractivity (Wildman–Crippen MR) is 84.5 cm³/mol. The minimum absolute atomic E-state index is 0.0229. The van der Waals surface area contributed by atoms with Crippen molar-refractivity contribution in [2.75, 3.05) is 16.8 Å². The number of benzene rings is 2. The Morgan fingerprint density at radius 3 is 2.50 bits per heavy atom. The number of hydrogen-bond acceptors (Lipinski definition) is 4. The van der Waals surface area contributed by atoms with E-state index in [9.17, 15) is 13.2 Å². The van der Waals surface area contributed by atoms with Crippen LogP contribution >= 0.6 is 0 Å². The Bertz CT molecular complexity index is 832. The first kappa shape index (κ1) is 14.3. The number of fused-ring (bicyclic) bond motifs is 1. The fourth-order valence-corrected chi connectivity index (χ4v) is 3.20. The maximum atomic E-state index is 12.1. The molecule has 0 saturated carbocycles. The Morgan fingerprint density at radius 2 is 1.73 bits per heavy atom. The third kappa shape index (κ3) is 2.84. The van der Waals surface area contributed by atoms with Gasteiger partial charge < -0.3 is 10.2 Å². The molecule has 1 amide bonds. The normalized spacial score (nSPS) is 15.2. The van der Waals surface area contributed by atoms with Gasteiger partial charge >= 0.3 is 0 Å². The highest BCUT2D eigenvalue weighted by molar-refractivity contribution is 7.90. The van der Waals surface area contributed by atoms with Gasteiger partial charge in [-0.2, -0.15) is 8.42 Å². The first-order valence-electron chi connectivity index (χ1n) is 6.57. The van der Waals surface area contributed by atoms with E-state index >= 15 is 0 Å². The largest absolute Gasteiger partial charge is 0.325 e. The Kier molecular flexibility index (Phi) is 3.64. The van der Waals surface area contributed by atoms with Gasteiger partial charge in [0.05, 0.1) is 5.69 Å². The summed E-state index contributed by atoms with van der Waals surface area (Å²) in [5.74, 6) is -0.258. The van der Waals surface area contributed by atoms with E-state index in [-0.39, 0.29) is 17.3 Å². The molecule has 0 saturated heterocycles. The van der Waals surface area contributed by atoms with E-state index in [2.05, 4.69) is 9.71 Å². The molecule has 2 aromatic carbocycles. The molecular weight excluding hydrogens is 302 g/mol. The number of anilines is 2. The highest BCUT2D eigenvalue weighted by atomic mass is 32.2. The van der Waals surface area contributed by atoms with Crippen LogP contribution in [0.25, 0.3) is 0 Å². The third-order valence-electron chi connectivity index (χ3n) is 3.15. The fraction of sp³-hybridized carbons (Fsp3) is 0.0667. The van der Waals surface area contributed by atoms with E-state index in [1.165, 1.54) is 17.3 Å². The molecule has 7 heteroatoms. The van der Waals surface area contributed by atoms with Gasteiger partial charge in [-0.3, -0.25) is 4.79 Å². The zero-order valence-electron chi connectivity index (χ0n) is 11.5. The van der Waals surface area contributed by atoms with Crippen molar-refractivity contribution in [2.24, 2.45) is 4.40 Å². The van der Waals surface area contributed by atoms with E-state index < -0.39 is 10.0 Å². The lowest BCUT2D eigenvalue weighted by Gasteiger charge is -2.24. The predicted octanol–water partition coefficient (Wildman–Crippen LogP) is 1.86. The number of nitrogens with one attached hydrogen (secondary N) is 1. The summed E-state index contributed by atoms with van der Waals surface area (Å²) in [6.45, 7) is -0.0229. The van der Waals surface area contributed by atoms with Crippen molar-refractivity contribution in [3.63, 3.8) is 0 Å². The molecule has 2 aromatic rings. The van der Waals surface area contributed by atoms with Gasteiger partial charge in [0.1, 0.15) is 17.8 Å². The second kappa shape index (κ2) is 5.61. The summed E-state index contributed by atoms with van der Waals surface area (Å²) in [6.07, 6.45) is 1.17. The number of hydrogen-bond donors (Lipinski definition) is 1. The summed E-state index contributed by atoms with van der Waals surface area (Å²) in [5, 5.41) is 2.75. The summed E-state index contributed by atoms with van der Waals surface area (Å²) in [7, 11) is -3.67. The minimum atomic E-state index is -3.67. The number of amides is 1. The Hall–Kier alpha value is -2.67. The summed E-state index contributed by atoms with van der Waals surface area (Å²) in [6, 6.07) is 15.5. The zero-order chi connectivity index (χ0) is 15.6. The van der Waals surface area contributed by atoms with Crippen molar-refractivity contribution in [3.8, 4) is 0 Å². The Labute approximate surface area is 128 Å². The molecule has 0 radical (unpaired) electrons. The van der Waals surface area contributed by atoms with Crippen LogP contribution in [0.15, 0.2) is 63.9 Å². The van der Waals surface area contributed by atoms with E-state index in [1.807, 2.05) is 18.2 Å². The summed E-state index contributed by atoms with van der Waals surface area (Å²) >= 11 is 0. The van der Waals surface area contributed by atoms with Gasteiger partial charge in [-0.05, 0) is 24.3 Å². The van der Waals surface area contributed by atoms with Gasteiger partial charge in [0.15, 0.2) is 0 Å². The van der Waals surface area contributed by atoms with Crippen LogP contribution in [-0.4, -0.2) is 27.2 Å². The highest BCUT2D eigenvalue weighted by Crippen LogP contribution is 2.28. The van der Waals surface area contributed by atoms with E-state index in [0.29, 0.717) is 11.4 Å². The molecule has 0 unspecified atom stereocenters. The van der Waals surface area contributed by atoms with E-state index in [4.69, 9.17) is 0 Å². The van der Waals surface area contributed by atoms with Crippen LogP contribution in [0, 0.1) is 0 Å². The van der Waals surface area contributed by atoms with E-state index in [0.717, 1.165) is 0 Å². The van der Waals surface area contributed by atoms with Gasteiger partial charge in [-0.15, -0.1) is 4.40 Å². The summed E-state index contributed by atoms with van der Waals surface area (Å²) < 4.78 is 27.3. The van der Waals surface area contributed by atoms with Gasteiger partial charge in [0.2, 0.25) is 5.91 Å². The van der Waals surface area contributed by atoms with E-state index in [1.54, 1.807) is 30.3 Å². The highest BCUT2D eigenvalue weighted by Gasteiger charge is 2.25. The van der Waals surface area contributed by atoms with Crippen molar-refractivity contribution in [2.45, 2.75) is 4.90 Å². The molecule has 6 nitrogen and oxygen atoms in total. The molecule has 1 aliphatic rings. The monoisotopic (exact) mass is 315 g/mol. The molecule has 0 atom stereocenters. The molecular formula is C15H13N3O3S. The first-order chi connectivity index (χ1) is 10.6. The molecule has 0 aliphatic carbocycles. The maximum Gasteiger partial charge on any atom is 0.285 e. The molecule has 0 bridgehead atoms. The third-order valence-corrected chi connectivity index (χ3v) is 4.42. The molecule has 112 valence electrons. The summed E-state index contributed by atoms with van der Waals surface area (Å²) in [5.41, 5.74) is 1.13. The molecule has 1 N–H and O–H groups in total. The van der Waals surface area contributed by atoms with Gasteiger partial charge in [-0.25, -0.2) is 0 Å². The average molecular weight is 315 g/mol. The lowest BCUT2D eigenvalue weighted by molar-refractivity contribution is -0.114. The van der Waals surface area contributed by atoms with Crippen LogP contribution in [0.5, 0.6) is 0 Å². The second-order valence-corrected chi connectivity index (χ2v) is 6.31. The number of carbonyl (C=O) groups is 1. The Balaban J connectivity index is 1.80. The smallest absolute Gasteiger partial charge is 0.285 e. The average Bonchev–Trinajstić information content (AvgIpc) is 2.51. The van der Waals surface area contributed by atoms with Crippen molar-refractivity contribution in [1.29, 1.82) is 0 Å². The quantitative estimate of drug-likeness (QED) is 0.937. The molecule has 0 aromatic heterocycles. The van der Waals surface area contributed by atoms with Gasteiger partial charge in [0.25, 0.3) is 10.0 Å². The van der Waals surface area contributed by atoms with Crippen molar-refractivity contribution in [1.82, 2.24) is 0 Å².